The standard InChI is InChI=1S/C19H25ClFNO3/c1-13(2)5-4-12-25-19(24)14-8-10-22(11-9-14)18(23)15-6-3-7-16(20)17(15)21/h3,6-7,13-14H,4-5,8-12H2,1-2H3. The van der Waals surface area contributed by atoms with Crippen LogP contribution in [0.15, 0.2) is 18.2 Å². The molecule has 1 saturated heterocycles. The Labute approximate surface area is 153 Å². The second-order valence-electron chi connectivity index (χ2n) is 6.87. The first-order chi connectivity index (χ1) is 11.9. The average molecular weight is 370 g/mol. The highest BCUT2D eigenvalue weighted by Gasteiger charge is 2.29. The van der Waals surface area contributed by atoms with Crippen LogP contribution in [-0.2, 0) is 9.53 Å². The van der Waals surface area contributed by atoms with Gasteiger partial charge < -0.3 is 9.64 Å². The maximum absolute atomic E-state index is 14.0. The van der Waals surface area contributed by atoms with Gasteiger partial charge in [-0.3, -0.25) is 9.59 Å². The Morgan fingerprint density at radius 1 is 1.32 bits per heavy atom. The van der Waals surface area contributed by atoms with Crippen LogP contribution in [0.2, 0.25) is 5.02 Å². The lowest BCUT2D eigenvalue weighted by atomic mass is 9.96. The van der Waals surface area contributed by atoms with E-state index in [1.807, 2.05) is 0 Å². The maximum Gasteiger partial charge on any atom is 0.309 e. The Morgan fingerprint density at radius 2 is 2.00 bits per heavy atom. The number of hydrogen-bond donors (Lipinski definition) is 0. The third-order valence-electron chi connectivity index (χ3n) is 4.47. The summed E-state index contributed by atoms with van der Waals surface area (Å²) in [6.07, 6.45) is 2.98. The van der Waals surface area contributed by atoms with Crippen LogP contribution in [0, 0.1) is 17.7 Å². The molecule has 138 valence electrons. The van der Waals surface area contributed by atoms with Crippen molar-refractivity contribution in [1.29, 1.82) is 0 Å². The lowest BCUT2D eigenvalue weighted by Crippen LogP contribution is -2.41. The van der Waals surface area contributed by atoms with E-state index in [9.17, 15) is 14.0 Å². The lowest BCUT2D eigenvalue weighted by molar-refractivity contribution is -0.150. The number of rotatable bonds is 6. The van der Waals surface area contributed by atoms with Gasteiger partial charge >= 0.3 is 5.97 Å². The van der Waals surface area contributed by atoms with Crippen LogP contribution in [0.1, 0.15) is 49.9 Å². The number of carbonyl (C=O) groups is 2. The molecule has 1 aliphatic rings. The number of hydrogen-bond acceptors (Lipinski definition) is 3. The van der Waals surface area contributed by atoms with Crippen molar-refractivity contribution in [1.82, 2.24) is 4.90 Å². The molecule has 4 nitrogen and oxygen atoms in total. The number of halogens is 2. The highest BCUT2D eigenvalue weighted by atomic mass is 35.5. The quantitative estimate of drug-likeness (QED) is 0.554. The number of benzene rings is 1. The van der Waals surface area contributed by atoms with Gasteiger partial charge in [-0.1, -0.05) is 31.5 Å². The molecule has 1 amide bonds. The van der Waals surface area contributed by atoms with E-state index in [-0.39, 0.29) is 28.4 Å². The molecule has 0 saturated carbocycles. The minimum atomic E-state index is -0.694. The molecule has 1 aromatic carbocycles. The molecule has 2 rings (SSSR count). The summed E-state index contributed by atoms with van der Waals surface area (Å²) in [5, 5.41) is -0.0642. The molecular weight excluding hydrogens is 345 g/mol. The van der Waals surface area contributed by atoms with Gasteiger partial charge in [0, 0.05) is 13.1 Å². The van der Waals surface area contributed by atoms with Crippen LogP contribution < -0.4 is 0 Å². The van der Waals surface area contributed by atoms with Crippen molar-refractivity contribution in [2.24, 2.45) is 11.8 Å². The first kappa shape index (κ1) is 19.7. The summed E-state index contributed by atoms with van der Waals surface area (Å²) in [6.45, 7) is 5.55. The highest BCUT2D eigenvalue weighted by molar-refractivity contribution is 6.31. The first-order valence-corrected chi connectivity index (χ1v) is 9.18. The molecule has 1 fully saturated rings. The molecule has 25 heavy (non-hydrogen) atoms. The molecule has 0 radical (unpaired) electrons. The Hall–Kier alpha value is -1.62. The first-order valence-electron chi connectivity index (χ1n) is 8.80. The van der Waals surface area contributed by atoms with Crippen LogP contribution in [0.3, 0.4) is 0 Å². The molecule has 0 atom stereocenters. The van der Waals surface area contributed by atoms with Gasteiger partial charge in [0.05, 0.1) is 23.1 Å². The summed E-state index contributed by atoms with van der Waals surface area (Å²) in [4.78, 5) is 26.1. The van der Waals surface area contributed by atoms with Gasteiger partial charge in [-0.05, 0) is 43.7 Å². The fourth-order valence-electron chi connectivity index (χ4n) is 2.94. The van der Waals surface area contributed by atoms with Gasteiger partial charge in [-0.15, -0.1) is 0 Å². The number of ether oxygens (including phenoxy) is 1. The predicted octanol–water partition coefficient (Wildman–Crippen LogP) is 4.31. The van der Waals surface area contributed by atoms with Gasteiger partial charge in [-0.2, -0.15) is 0 Å². The number of likely N-dealkylation sites (tertiary alicyclic amines) is 1. The maximum atomic E-state index is 14.0. The fraction of sp³-hybridized carbons (Fsp3) is 0.579. The van der Waals surface area contributed by atoms with Gasteiger partial charge in [0.2, 0.25) is 0 Å². The Kier molecular flexibility index (Phi) is 7.24. The number of piperidine rings is 1. The van der Waals surface area contributed by atoms with Crippen molar-refractivity contribution in [2.45, 2.75) is 39.5 Å². The van der Waals surface area contributed by atoms with E-state index in [1.165, 1.54) is 12.1 Å². The van der Waals surface area contributed by atoms with Crippen molar-refractivity contribution in [3.63, 3.8) is 0 Å². The average Bonchev–Trinajstić information content (AvgIpc) is 2.60. The molecule has 0 spiro atoms. The van der Waals surface area contributed by atoms with E-state index < -0.39 is 5.82 Å². The van der Waals surface area contributed by atoms with Crippen LogP contribution in [0.5, 0.6) is 0 Å². The minimum Gasteiger partial charge on any atom is -0.465 e. The van der Waals surface area contributed by atoms with Crippen LogP contribution in [0.25, 0.3) is 0 Å². The van der Waals surface area contributed by atoms with Crippen molar-refractivity contribution in [3.05, 3.63) is 34.6 Å². The number of esters is 1. The van der Waals surface area contributed by atoms with Gasteiger partial charge in [0.25, 0.3) is 5.91 Å². The molecule has 1 heterocycles. The van der Waals surface area contributed by atoms with Gasteiger partial charge in [0.1, 0.15) is 0 Å². The predicted molar refractivity (Wildman–Crippen MR) is 95.1 cm³/mol. The summed E-state index contributed by atoms with van der Waals surface area (Å²) >= 11 is 5.73. The molecule has 0 N–H and O–H groups in total. The minimum absolute atomic E-state index is 0.0257. The SMILES string of the molecule is CC(C)CCCOC(=O)C1CCN(C(=O)c2cccc(Cl)c2F)CC1. The molecule has 0 aliphatic carbocycles. The van der Waals surface area contributed by atoms with E-state index in [1.54, 1.807) is 11.0 Å². The largest absolute Gasteiger partial charge is 0.465 e. The van der Waals surface area contributed by atoms with E-state index >= 15 is 0 Å². The normalized spacial score (nSPS) is 15.5. The number of nitrogens with zero attached hydrogens (tertiary/aromatic N) is 1. The zero-order valence-corrected chi connectivity index (χ0v) is 15.5. The monoisotopic (exact) mass is 369 g/mol. The summed E-state index contributed by atoms with van der Waals surface area (Å²) in [7, 11) is 0. The van der Waals surface area contributed by atoms with Gasteiger partial charge in [-0.25, -0.2) is 4.39 Å². The number of amides is 1. The molecular formula is C19H25ClFNO3. The van der Waals surface area contributed by atoms with Crippen molar-refractivity contribution < 1.29 is 18.7 Å². The van der Waals surface area contributed by atoms with Crippen molar-refractivity contribution >= 4 is 23.5 Å². The summed E-state index contributed by atoms with van der Waals surface area (Å²) < 4.78 is 19.3. The Balaban J connectivity index is 1.82. The molecule has 1 aliphatic heterocycles. The zero-order valence-electron chi connectivity index (χ0n) is 14.8. The summed E-state index contributed by atoms with van der Waals surface area (Å²) in [5.74, 6) is -0.860. The second kappa shape index (κ2) is 9.18. The van der Waals surface area contributed by atoms with E-state index in [4.69, 9.17) is 16.3 Å². The van der Waals surface area contributed by atoms with Gasteiger partial charge in [0.15, 0.2) is 5.82 Å². The van der Waals surface area contributed by atoms with Crippen LogP contribution >= 0.6 is 11.6 Å². The van der Waals surface area contributed by atoms with E-state index in [0.29, 0.717) is 38.5 Å². The van der Waals surface area contributed by atoms with Crippen molar-refractivity contribution in [3.8, 4) is 0 Å². The number of carbonyl (C=O) groups excluding carboxylic acids is 2. The second-order valence-corrected chi connectivity index (χ2v) is 7.28. The highest BCUT2D eigenvalue weighted by Crippen LogP contribution is 2.23. The van der Waals surface area contributed by atoms with E-state index in [0.717, 1.165) is 12.8 Å². The molecule has 0 unspecified atom stereocenters. The molecule has 0 bridgehead atoms. The topological polar surface area (TPSA) is 46.6 Å². The Bertz CT molecular complexity index is 613. The lowest BCUT2D eigenvalue weighted by Gasteiger charge is -2.31. The summed E-state index contributed by atoms with van der Waals surface area (Å²) in [6, 6.07) is 4.40. The van der Waals surface area contributed by atoms with E-state index in [2.05, 4.69) is 13.8 Å². The molecule has 0 aromatic heterocycles. The molecule has 1 aromatic rings. The third-order valence-corrected chi connectivity index (χ3v) is 4.76. The smallest absolute Gasteiger partial charge is 0.309 e. The van der Waals surface area contributed by atoms with Crippen LogP contribution in [-0.4, -0.2) is 36.5 Å². The fourth-order valence-corrected chi connectivity index (χ4v) is 3.11. The van der Waals surface area contributed by atoms with Crippen molar-refractivity contribution in [2.75, 3.05) is 19.7 Å². The summed E-state index contributed by atoms with van der Waals surface area (Å²) in [5.41, 5.74) is -0.0257. The molecule has 6 heteroatoms. The van der Waals surface area contributed by atoms with Crippen LogP contribution in [0.4, 0.5) is 4.39 Å². The zero-order chi connectivity index (χ0) is 18.4. The third kappa shape index (κ3) is 5.43. The Morgan fingerprint density at radius 3 is 2.64 bits per heavy atom.